The second kappa shape index (κ2) is 9.50. The molecule has 1 aliphatic rings. The molecule has 0 radical (unpaired) electrons. The highest BCUT2D eigenvalue weighted by atomic mass is 32.2. The van der Waals surface area contributed by atoms with Gasteiger partial charge in [0.25, 0.3) is 0 Å². The third kappa shape index (κ3) is 6.25. The molecular formula is C15H24N4OS. The molecule has 0 aromatic carbocycles. The molecule has 0 bridgehead atoms. The fourth-order valence-electron chi connectivity index (χ4n) is 2.12. The molecule has 5 nitrogen and oxygen atoms in total. The lowest BCUT2D eigenvalue weighted by Gasteiger charge is -2.24. The first-order valence-electron chi connectivity index (χ1n) is 7.54. The van der Waals surface area contributed by atoms with E-state index in [0.29, 0.717) is 19.2 Å². The van der Waals surface area contributed by atoms with Gasteiger partial charge in [0.1, 0.15) is 12.4 Å². The number of aromatic nitrogens is 1. The Kier molecular flexibility index (Phi) is 7.21. The molecular weight excluding hydrogens is 284 g/mol. The van der Waals surface area contributed by atoms with Gasteiger partial charge in [0, 0.05) is 24.5 Å². The fraction of sp³-hybridized carbons (Fsp3) is 0.600. The molecule has 1 unspecified atom stereocenters. The van der Waals surface area contributed by atoms with Crippen LogP contribution in [0.25, 0.3) is 0 Å². The van der Waals surface area contributed by atoms with Crippen LogP contribution < -0.4 is 15.4 Å². The lowest BCUT2D eigenvalue weighted by Crippen LogP contribution is -2.45. The Morgan fingerprint density at radius 1 is 1.57 bits per heavy atom. The van der Waals surface area contributed by atoms with Gasteiger partial charge in [-0.15, -0.1) is 0 Å². The second-order valence-corrected chi connectivity index (χ2v) is 6.01. The van der Waals surface area contributed by atoms with Gasteiger partial charge in [-0.3, -0.25) is 4.98 Å². The number of nitrogens with one attached hydrogen (secondary N) is 2. The predicted octanol–water partition coefficient (Wildman–Crippen LogP) is 1.91. The van der Waals surface area contributed by atoms with E-state index in [4.69, 9.17) is 4.74 Å². The third-order valence-corrected chi connectivity index (χ3v) is 4.33. The van der Waals surface area contributed by atoms with Gasteiger partial charge in [-0.1, -0.05) is 0 Å². The summed E-state index contributed by atoms with van der Waals surface area (Å²) in [6.45, 7) is 4.14. The van der Waals surface area contributed by atoms with Gasteiger partial charge in [-0.2, -0.15) is 11.8 Å². The van der Waals surface area contributed by atoms with E-state index >= 15 is 0 Å². The van der Waals surface area contributed by atoms with E-state index in [0.717, 1.165) is 24.0 Å². The molecule has 6 heteroatoms. The Balaban J connectivity index is 1.74. The van der Waals surface area contributed by atoms with Gasteiger partial charge in [-0.25, -0.2) is 4.99 Å². The average molecular weight is 308 g/mol. The summed E-state index contributed by atoms with van der Waals surface area (Å²) < 4.78 is 5.60. The molecule has 2 rings (SSSR count). The first kappa shape index (κ1) is 15.9. The molecule has 1 aromatic heterocycles. The molecule has 1 atom stereocenters. The smallest absolute Gasteiger partial charge is 0.191 e. The van der Waals surface area contributed by atoms with Crippen LogP contribution in [0.15, 0.2) is 29.5 Å². The van der Waals surface area contributed by atoms with E-state index in [1.165, 1.54) is 18.6 Å². The van der Waals surface area contributed by atoms with Crippen molar-refractivity contribution in [3.05, 3.63) is 24.5 Å². The molecule has 1 aliphatic heterocycles. The number of hydrogen-bond donors (Lipinski definition) is 2. The van der Waals surface area contributed by atoms with Crippen molar-refractivity contribution in [2.45, 2.75) is 25.8 Å². The zero-order valence-electron chi connectivity index (χ0n) is 12.5. The maximum Gasteiger partial charge on any atom is 0.191 e. The van der Waals surface area contributed by atoms with Crippen molar-refractivity contribution in [1.29, 1.82) is 0 Å². The second-order valence-electron chi connectivity index (χ2n) is 4.86. The molecule has 0 spiro atoms. The van der Waals surface area contributed by atoms with Crippen molar-refractivity contribution in [2.24, 2.45) is 4.99 Å². The SMILES string of the molecule is CCNC(=NCCOc1cccnc1)NC1CCCSC1. The lowest BCUT2D eigenvalue weighted by molar-refractivity contribution is 0.327. The van der Waals surface area contributed by atoms with Crippen LogP contribution >= 0.6 is 11.8 Å². The number of hydrogen-bond acceptors (Lipinski definition) is 4. The van der Waals surface area contributed by atoms with Gasteiger partial charge < -0.3 is 15.4 Å². The molecule has 0 amide bonds. The lowest BCUT2D eigenvalue weighted by atomic mass is 10.2. The van der Waals surface area contributed by atoms with Gasteiger partial charge >= 0.3 is 0 Å². The predicted molar refractivity (Wildman–Crippen MR) is 89.2 cm³/mol. The quantitative estimate of drug-likeness (QED) is 0.478. The monoisotopic (exact) mass is 308 g/mol. The molecule has 2 N–H and O–H groups in total. The molecule has 2 heterocycles. The summed E-state index contributed by atoms with van der Waals surface area (Å²) in [6.07, 6.45) is 5.96. The first-order chi connectivity index (χ1) is 10.4. The van der Waals surface area contributed by atoms with Gasteiger partial charge in [-0.05, 0) is 37.7 Å². The van der Waals surface area contributed by atoms with E-state index in [1.807, 2.05) is 23.9 Å². The van der Waals surface area contributed by atoms with Crippen molar-refractivity contribution < 1.29 is 4.74 Å². The number of thioether (sulfide) groups is 1. The minimum absolute atomic E-state index is 0.529. The standard InChI is InChI=1S/C15H24N4OS/c1-2-17-15(19-13-5-4-10-21-12-13)18-8-9-20-14-6-3-7-16-11-14/h3,6-7,11,13H,2,4-5,8-10,12H2,1H3,(H2,17,18,19). The van der Waals surface area contributed by atoms with Crippen LogP contribution in [0, 0.1) is 0 Å². The van der Waals surface area contributed by atoms with Gasteiger partial charge in [0.05, 0.1) is 12.7 Å². The first-order valence-corrected chi connectivity index (χ1v) is 8.69. The summed E-state index contributed by atoms with van der Waals surface area (Å²) in [5.41, 5.74) is 0. The summed E-state index contributed by atoms with van der Waals surface area (Å²) in [7, 11) is 0. The Morgan fingerprint density at radius 2 is 2.52 bits per heavy atom. The summed E-state index contributed by atoms with van der Waals surface area (Å²) >= 11 is 2.01. The van der Waals surface area contributed by atoms with Gasteiger partial charge in [0.2, 0.25) is 0 Å². The molecule has 0 saturated carbocycles. The average Bonchev–Trinajstić information content (AvgIpc) is 2.54. The number of guanidine groups is 1. The molecule has 1 fully saturated rings. The van der Waals surface area contributed by atoms with Crippen LogP contribution in [0.5, 0.6) is 5.75 Å². The van der Waals surface area contributed by atoms with Crippen LogP contribution in [0.4, 0.5) is 0 Å². The third-order valence-electron chi connectivity index (χ3n) is 3.11. The van der Waals surface area contributed by atoms with Gasteiger partial charge in [0.15, 0.2) is 5.96 Å². The van der Waals surface area contributed by atoms with Crippen LogP contribution in [0.3, 0.4) is 0 Å². The van der Waals surface area contributed by atoms with E-state index in [9.17, 15) is 0 Å². The number of rotatable bonds is 6. The normalized spacial score (nSPS) is 19.1. The minimum Gasteiger partial charge on any atom is -0.490 e. The molecule has 21 heavy (non-hydrogen) atoms. The fourth-order valence-corrected chi connectivity index (χ4v) is 3.19. The summed E-state index contributed by atoms with van der Waals surface area (Å²) in [4.78, 5) is 8.58. The topological polar surface area (TPSA) is 58.5 Å². The van der Waals surface area contributed by atoms with E-state index in [1.54, 1.807) is 12.4 Å². The highest BCUT2D eigenvalue weighted by Crippen LogP contribution is 2.16. The molecule has 1 aromatic rings. The van der Waals surface area contributed by atoms with E-state index in [-0.39, 0.29) is 0 Å². The van der Waals surface area contributed by atoms with Crippen LogP contribution in [0.2, 0.25) is 0 Å². The minimum atomic E-state index is 0.529. The van der Waals surface area contributed by atoms with Crippen molar-refractivity contribution in [3.8, 4) is 5.75 Å². The van der Waals surface area contributed by atoms with Crippen LogP contribution in [0.1, 0.15) is 19.8 Å². The molecule has 0 aliphatic carbocycles. The maximum absolute atomic E-state index is 5.60. The summed E-state index contributed by atoms with van der Waals surface area (Å²) in [5.74, 6) is 4.12. The largest absolute Gasteiger partial charge is 0.490 e. The zero-order chi connectivity index (χ0) is 14.8. The van der Waals surface area contributed by atoms with Crippen molar-refractivity contribution in [1.82, 2.24) is 15.6 Å². The van der Waals surface area contributed by atoms with Crippen molar-refractivity contribution in [3.63, 3.8) is 0 Å². The van der Waals surface area contributed by atoms with Crippen LogP contribution in [-0.4, -0.2) is 48.2 Å². The van der Waals surface area contributed by atoms with E-state index < -0.39 is 0 Å². The highest BCUT2D eigenvalue weighted by molar-refractivity contribution is 7.99. The van der Waals surface area contributed by atoms with E-state index in [2.05, 4.69) is 27.5 Å². The number of pyridine rings is 1. The Labute approximate surface area is 131 Å². The number of nitrogens with zero attached hydrogens (tertiary/aromatic N) is 2. The Bertz CT molecular complexity index is 421. The van der Waals surface area contributed by atoms with Crippen molar-refractivity contribution in [2.75, 3.05) is 31.2 Å². The number of aliphatic imine (C=N–C) groups is 1. The summed E-state index contributed by atoms with van der Waals surface area (Å²) in [5, 5.41) is 6.80. The Morgan fingerprint density at radius 3 is 3.24 bits per heavy atom. The van der Waals surface area contributed by atoms with Crippen LogP contribution in [-0.2, 0) is 0 Å². The molecule has 116 valence electrons. The molecule has 1 saturated heterocycles. The Hall–Kier alpha value is -1.43. The number of ether oxygens (including phenoxy) is 1. The zero-order valence-corrected chi connectivity index (χ0v) is 13.4. The summed E-state index contributed by atoms with van der Waals surface area (Å²) in [6, 6.07) is 4.30. The maximum atomic E-state index is 5.60. The highest BCUT2D eigenvalue weighted by Gasteiger charge is 2.14. The van der Waals surface area contributed by atoms with Crippen molar-refractivity contribution >= 4 is 17.7 Å².